The second kappa shape index (κ2) is 5.36. The lowest BCUT2D eigenvalue weighted by Crippen LogP contribution is -2.01. The molecule has 0 spiro atoms. The van der Waals surface area contributed by atoms with Crippen molar-refractivity contribution in [1.82, 2.24) is 9.78 Å². The number of halogens is 2. The third kappa shape index (κ3) is 2.47. The van der Waals surface area contributed by atoms with Crippen molar-refractivity contribution < 1.29 is 0 Å². The van der Waals surface area contributed by atoms with Gasteiger partial charge < -0.3 is 0 Å². The van der Waals surface area contributed by atoms with Gasteiger partial charge in [-0.2, -0.15) is 5.10 Å². The summed E-state index contributed by atoms with van der Waals surface area (Å²) >= 11 is 7.16. The summed E-state index contributed by atoms with van der Waals surface area (Å²) in [7, 11) is 0. The molecule has 1 aromatic heterocycles. The predicted molar refractivity (Wildman–Crippen MR) is 78.1 cm³/mol. The van der Waals surface area contributed by atoms with Gasteiger partial charge in [-0.05, 0) is 41.4 Å². The Morgan fingerprint density at radius 1 is 1.24 bits per heavy atom. The van der Waals surface area contributed by atoms with Crippen LogP contribution in [0, 0.1) is 0 Å². The highest BCUT2D eigenvalue weighted by molar-refractivity contribution is 9.11. The molecule has 90 valence electrons. The summed E-state index contributed by atoms with van der Waals surface area (Å²) < 4.78 is 4.24. The number of aromatic nitrogens is 2. The molecule has 2 rings (SSSR count). The average Bonchev–Trinajstić information content (AvgIpc) is 2.65. The van der Waals surface area contributed by atoms with Crippen LogP contribution in [0.2, 0.25) is 0 Å². The first kappa shape index (κ1) is 12.8. The van der Waals surface area contributed by atoms with Crippen LogP contribution in [-0.2, 0) is 13.0 Å². The molecule has 0 saturated carbocycles. The number of hydrogen-bond donors (Lipinski definition) is 0. The van der Waals surface area contributed by atoms with Gasteiger partial charge >= 0.3 is 0 Å². The smallest absolute Gasteiger partial charge is 0.107 e. The highest BCUT2D eigenvalue weighted by Crippen LogP contribution is 2.32. The molecular weight excluding hydrogens is 344 g/mol. The fraction of sp³-hybridized carbons (Fsp3) is 0.308. The Hall–Kier alpha value is -0.610. The Morgan fingerprint density at radius 2 is 2.00 bits per heavy atom. The molecule has 0 aliphatic carbocycles. The first-order valence-corrected chi connectivity index (χ1v) is 7.27. The standard InChI is InChI=1S/C13H14Br2N2/c1-3-11-12(15)13(16-17(11)4-2)9-6-5-7-10(14)8-9/h5-8H,3-4H2,1-2H3. The van der Waals surface area contributed by atoms with Gasteiger partial charge in [-0.15, -0.1) is 0 Å². The van der Waals surface area contributed by atoms with E-state index >= 15 is 0 Å². The van der Waals surface area contributed by atoms with E-state index in [0.29, 0.717) is 0 Å². The van der Waals surface area contributed by atoms with Crippen LogP contribution in [0.25, 0.3) is 11.3 Å². The molecule has 0 atom stereocenters. The summed E-state index contributed by atoms with van der Waals surface area (Å²) in [4.78, 5) is 0. The molecule has 0 aliphatic rings. The maximum Gasteiger partial charge on any atom is 0.107 e. The van der Waals surface area contributed by atoms with Gasteiger partial charge in [0.15, 0.2) is 0 Å². The molecule has 2 aromatic rings. The topological polar surface area (TPSA) is 17.8 Å². The van der Waals surface area contributed by atoms with Gasteiger partial charge in [0.2, 0.25) is 0 Å². The molecule has 2 nitrogen and oxygen atoms in total. The van der Waals surface area contributed by atoms with Gasteiger partial charge in [0.1, 0.15) is 5.69 Å². The molecule has 0 radical (unpaired) electrons. The quantitative estimate of drug-likeness (QED) is 0.781. The molecular formula is C13H14Br2N2. The Morgan fingerprint density at radius 3 is 2.53 bits per heavy atom. The third-order valence-corrected chi connectivity index (χ3v) is 4.05. The van der Waals surface area contributed by atoms with Crippen molar-refractivity contribution in [3.8, 4) is 11.3 Å². The average molecular weight is 358 g/mol. The van der Waals surface area contributed by atoms with E-state index in [9.17, 15) is 0 Å². The van der Waals surface area contributed by atoms with Gasteiger partial charge in [-0.1, -0.05) is 35.0 Å². The van der Waals surface area contributed by atoms with Crippen LogP contribution in [-0.4, -0.2) is 9.78 Å². The van der Waals surface area contributed by atoms with Gasteiger partial charge in [0.25, 0.3) is 0 Å². The predicted octanol–water partition coefficient (Wildman–Crippen LogP) is 4.66. The van der Waals surface area contributed by atoms with Gasteiger partial charge in [0, 0.05) is 16.6 Å². The number of aryl methyl sites for hydroxylation is 1. The lowest BCUT2D eigenvalue weighted by Gasteiger charge is -2.00. The molecule has 0 aliphatic heterocycles. The molecule has 1 heterocycles. The zero-order valence-corrected chi connectivity index (χ0v) is 13.0. The lowest BCUT2D eigenvalue weighted by molar-refractivity contribution is 0.627. The van der Waals surface area contributed by atoms with Gasteiger partial charge in [-0.25, -0.2) is 0 Å². The molecule has 0 saturated heterocycles. The first-order chi connectivity index (χ1) is 8.17. The molecule has 0 N–H and O–H groups in total. The summed E-state index contributed by atoms with van der Waals surface area (Å²) in [6.07, 6.45) is 0.982. The Balaban J connectivity index is 2.56. The number of nitrogens with zero attached hydrogens (tertiary/aromatic N) is 2. The number of hydrogen-bond acceptors (Lipinski definition) is 1. The molecule has 4 heteroatoms. The minimum Gasteiger partial charge on any atom is -0.268 e. The monoisotopic (exact) mass is 356 g/mol. The summed E-state index contributed by atoms with van der Waals surface area (Å²) in [5.74, 6) is 0. The molecule has 0 bridgehead atoms. The van der Waals surface area contributed by atoms with E-state index < -0.39 is 0 Å². The first-order valence-electron chi connectivity index (χ1n) is 5.68. The highest BCUT2D eigenvalue weighted by Gasteiger charge is 2.14. The minimum absolute atomic E-state index is 0.899. The van der Waals surface area contributed by atoms with E-state index in [1.54, 1.807) is 0 Å². The van der Waals surface area contributed by atoms with Crippen molar-refractivity contribution in [2.45, 2.75) is 26.8 Å². The summed E-state index contributed by atoms with van der Waals surface area (Å²) in [5.41, 5.74) is 3.40. The highest BCUT2D eigenvalue weighted by atomic mass is 79.9. The van der Waals surface area contributed by atoms with Crippen LogP contribution in [0.1, 0.15) is 19.5 Å². The molecule has 0 amide bonds. The summed E-state index contributed by atoms with van der Waals surface area (Å²) in [6.45, 7) is 5.16. The normalized spacial score (nSPS) is 10.8. The lowest BCUT2D eigenvalue weighted by atomic mass is 10.1. The molecule has 0 fully saturated rings. The minimum atomic E-state index is 0.899. The van der Waals surface area contributed by atoms with Crippen LogP contribution < -0.4 is 0 Å². The molecule has 1 aromatic carbocycles. The Kier molecular flexibility index (Phi) is 4.05. The maximum absolute atomic E-state index is 4.66. The van der Waals surface area contributed by atoms with Crippen LogP contribution in [0.15, 0.2) is 33.2 Å². The fourth-order valence-corrected chi connectivity index (χ4v) is 3.09. The molecule has 0 unspecified atom stereocenters. The zero-order chi connectivity index (χ0) is 12.4. The number of rotatable bonds is 3. The van der Waals surface area contributed by atoms with Crippen LogP contribution >= 0.6 is 31.9 Å². The number of benzene rings is 1. The van der Waals surface area contributed by atoms with Crippen molar-refractivity contribution in [3.05, 3.63) is 38.9 Å². The van der Waals surface area contributed by atoms with Crippen molar-refractivity contribution in [2.24, 2.45) is 0 Å². The zero-order valence-electron chi connectivity index (χ0n) is 9.87. The van der Waals surface area contributed by atoms with Gasteiger partial charge in [0.05, 0.1) is 10.2 Å². The maximum atomic E-state index is 4.66. The Bertz CT molecular complexity index is 532. The second-order valence-electron chi connectivity index (χ2n) is 3.79. The van der Waals surface area contributed by atoms with Crippen molar-refractivity contribution in [2.75, 3.05) is 0 Å². The van der Waals surface area contributed by atoms with E-state index in [2.05, 4.69) is 67.6 Å². The van der Waals surface area contributed by atoms with E-state index in [0.717, 1.165) is 33.2 Å². The van der Waals surface area contributed by atoms with Crippen molar-refractivity contribution in [3.63, 3.8) is 0 Å². The van der Waals surface area contributed by atoms with E-state index in [1.807, 2.05) is 12.1 Å². The van der Waals surface area contributed by atoms with E-state index in [-0.39, 0.29) is 0 Å². The van der Waals surface area contributed by atoms with Crippen LogP contribution in [0.5, 0.6) is 0 Å². The molecule has 17 heavy (non-hydrogen) atoms. The van der Waals surface area contributed by atoms with E-state index in [4.69, 9.17) is 0 Å². The van der Waals surface area contributed by atoms with Crippen molar-refractivity contribution >= 4 is 31.9 Å². The van der Waals surface area contributed by atoms with Crippen molar-refractivity contribution in [1.29, 1.82) is 0 Å². The largest absolute Gasteiger partial charge is 0.268 e. The SMILES string of the molecule is CCc1c(Br)c(-c2cccc(Br)c2)nn1CC. The Labute approximate surface area is 118 Å². The van der Waals surface area contributed by atoms with Crippen LogP contribution in [0.3, 0.4) is 0 Å². The van der Waals surface area contributed by atoms with Gasteiger partial charge in [-0.3, -0.25) is 4.68 Å². The van der Waals surface area contributed by atoms with E-state index in [1.165, 1.54) is 5.69 Å². The fourth-order valence-electron chi connectivity index (χ4n) is 1.89. The third-order valence-electron chi connectivity index (χ3n) is 2.73. The summed E-state index contributed by atoms with van der Waals surface area (Å²) in [6, 6.07) is 8.22. The summed E-state index contributed by atoms with van der Waals surface area (Å²) in [5, 5.41) is 4.66. The van der Waals surface area contributed by atoms with Crippen LogP contribution in [0.4, 0.5) is 0 Å². The second-order valence-corrected chi connectivity index (χ2v) is 5.50.